The number of fused-ring (bicyclic) bond motifs is 2. The van der Waals surface area contributed by atoms with Crippen LogP contribution in [0.1, 0.15) is 31.0 Å². The minimum absolute atomic E-state index is 0.106. The molecule has 1 aromatic heterocycles. The molecule has 234 valence electrons. The van der Waals surface area contributed by atoms with Crippen molar-refractivity contribution in [1.82, 2.24) is 31.0 Å². The number of benzene rings is 2. The lowest BCUT2D eigenvalue weighted by Gasteiger charge is -2.33. The highest BCUT2D eigenvalue weighted by atomic mass is 35.5. The van der Waals surface area contributed by atoms with Crippen LogP contribution in [0.2, 0.25) is 5.02 Å². The molecule has 0 radical (unpaired) electrons. The second-order valence-corrected chi connectivity index (χ2v) is 12.1. The van der Waals surface area contributed by atoms with Gasteiger partial charge >= 0.3 is 6.01 Å². The van der Waals surface area contributed by atoms with Crippen LogP contribution in [0.15, 0.2) is 48.6 Å². The van der Waals surface area contributed by atoms with Crippen molar-refractivity contribution in [2.24, 2.45) is 0 Å². The van der Waals surface area contributed by atoms with E-state index in [-0.39, 0.29) is 18.4 Å². The van der Waals surface area contributed by atoms with Crippen LogP contribution in [0, 0.1) is 0 Å². The van der Waals surface area contributed by atoms with Crippen molar-refractivity contribution in [2.45, 2.75) is 51.2 Å². The number of ether oxygens (including phenoxy) is 2. The zero-order valence-corrected chi connectivity index (χ0v) is 26.3. The Bertz CT molecular complexity index is 1520. The molecule has 44 heavy (non-hydrogen) atoms. The molecule has 1 amide bonds. The summed E-state index contributed by atoms with van der Waals surface area (Å²) in [5, 5.41) is 5.87. The Morgan fingerprint density at radius 1 is 1.23 bits per heavy atom. The van der Waals surface area contributed by atoms with Gasteiger partial charge in [0.1, 0.15) is 24.9 Å². The van der Waals surface area contributed by atoms with E-state index < -0.39 is 0 Å². The SMILES string of the molecule is CC1NNC(/C=C/C(=O)NCCN(C)c2nc(OC[C@@H]3CCCN3C)nc3c2CCN(c2cccc4cccc(Cl)c24)C3)O1. The molecule has 3 aliphatic heterocycles. The maximum atomic E-state index is 12.4. The predicted octanol–water partition coefficient (Wildman–Crippen LogP) is 3.22. The van der Waals surface area contributed by atoms with Crippen molar-refractivity contribution in [2.75, 3.05) is 56.7 Å². The van der Waals surface area contributed by atoms with Gasteiger partial charge in [0, 0.05) is 55.4 Å². The lowest BCUT2D eigenvalue weighted by atomic mass is 10.0. The summed E-state index contributed by atoms with van der Waals surface area (Å²) in [4.78, 5) is 29.0. The highest BCUT2D eigenvalue weighted by Crippen LogP contribution is 2.36. The second kappa shape index (κ2) is 13.7. The molecule has 0 saturated carbocycles. The molecular weight excluding hydrogens is 580 g/mol. The summed E-state index contributed by atoms with van der Waals surface area (Å²) in [6.45, 7) is 5.98. The van der Waals surface area contributed by atoms with Gasteiger partial charge < -0.3 is 29.5 Å². The average molecular weight is 621 g/mol. The third-order valence-corrected chi connectivity index (χ3v) is 8.90. The Morgan fingerprint density at radius 2 is 2.07 bits per heavy atom. The average Bonchev–Trinajstić information content (AvgIpc) is 3.64. The van der Waals surface area contributed by atoms with Crippen molar-refractivity contribution in [3.05, 3.63) is 64.8 Å². The van der Waals surface area contributed by atoms with Gasteiger partial charge in [-0.25, -0.2) is 10.9 Å². The summed E-state index contributed by atoms with van der Waals surface area (Å²) < 4.78 is 11.8. The van der Waals surface area contributed by atoms with Crippen LogP contribution in [0.4, 0.5) is 11.5 Å². The molecule has 12 heteroatoms. The summed E-state index contributed by atoms with van der Waals surface area (Å²) >= 11 is 6.69. The summed E-state index contributed by atoms with van der Waals surface area (Å²) in [6, 6.07) is 13.1. The molecule has 11 nitrogen and oxygen atoms in total. The highest BCUT2D eigenvalue weighted by molar-refractivity contribution is 6.36. The van der Waals surface area contributed by atoms with Gasteiger partial charge in [-0.05, 0) is 63.4 Å². The molecule has 3 aliphatic rings. The monoisotopic (exact) mass is 620 g/mol. The number of aromatic nitrogens is 2. The molecule has 2 unspecified atom stereocenters. The van der Waals surface area contributed by atoms with E-state index in [4.69, 9.17) is 31.0 Å². The largest absolute Gasteiger partial charge is 0.462 e. The first-order valence-electron chi connectivity index (χ1n) is 15.3. The van der Waals surface area contributed by atoms with Gasteiger partial charge in [-0.15, -0.1) is 0 Å². The number of carbonyl (C=O) groups is 1. The van der Waals surface area contributed by atoms with Crippen LogP contribution in [0.3, 0.4) is 0 Å². The Hall–Kier alpha value is -3.48. The van der Waals surface area contributed by atoms with Crippen molar-refractivity contribution < 1.29 is 14.3 Å². The van der Waals surface area contributed by atoms with Gasteiger partial charge in [-0.3, -0.25) is 4.79 Å². The number of hydrazine groups is 1. The number of halogens is 1. The molecule has 0 bridgehead atoms. The third kappa shape index (κ3) is 6.92. The number of hydrogen-bond acceptors (Lipinski definition) is 10. The fourth-order valence-electron chi connectivity index (χ4n) is 6.14. The first kappa shape index (κ1) is 30.5. The van der Waals surface area contributed by atoms with E-state index in [0.29, 0.717) is 38.3 Å². The Labute approximate surface area is 263 Å². The molecular formula is C32H41ClN8O3. The molecule has 2 aromatic carbocycles. The van der Waals surface area contributed by atoms with Gasteiger partial charge in [0.25, 0.3) is 0 Å². The topological polar surface area (TPSA) is 107 Å². The van der Waals surface area contributed by atoms with Crippen LogP contribution in [-0.2, 0) is 22.5 Å². The van der Waals surface area contributed by atoms with Crippen molar-refractivity contribution in [1.29, 1.82) is 0 Å². The molecule has 4 heterocycles. The highest BCUT2D eigenvalue weighted by Gasteiger charge is 2.27. The molecule has 2 saturated heterocycles. The Morgan fingerprint density at radius 3 is 2.84 bits per heavy atom. The summed E-state index contributed by atoms with van der Waals surface area (Å²) in [5.74, 6) is 0.663. The molecule has 2 fully saturated rings. The van der Waals surface area contributed by atoms with Gasteiger partial charge in [0.05, 0.1) is 17.3 Å². The first-order valence-corrected chi connectivity index (χ1v) is 15.7. The number of carbonyl (C=O) groups excluding carboxylic acids is 1. The first-order chi connectivity index (χ1) is 21.4. The van der Waals surface area contributed by atoms with Gasteiger partial charge in [-0.2, -0.15) is 9.97 Å². The van der Waals surface area contributed by atoms with Crippen LogP contribution >= 0.6 is 11.6 Å². The fraction of sp³-hybridized carbons (Fsp3) is 0.469. The normalized spacial score (nSPS) is 22.1. The van der Waals surface area contributed by atoms with Crippen molar-refractivity contribution in [3.63, 3.8) is 0 Å². The summed E-state index contributed by atoms with van der Waals surface area (Å²) in [6.07, 6.45) is 5.80. The number of likely N-dealkylation sites (tertiary alicyclic amines) is 1. The number of rotatable bonds is 10. The third-order valence-electron chi connectivity index (χ3n) is 8.58. The van der Waals surface area contributed by atoms with Crippen LogP contribution in [-0.4, -0.2) is 86.2 Å². The summed E-state index contributed by atoms with van der Waals surface area (Å²) in [7, 11) is 4.14. The lowest BCUT2D eigenvalue weighted by molar-refractivity contribution is -0.116. The number of amides is 1. The maximum absolute atomic E-state index is 12.4. The molecule has 3 atom stereocenters. The minimum atomic E-state index is -0.335. The van der Waals surface area contributed by atoms with E-state index in [1.165, 1.54) is 12.5 Å². The van der Waals surface area contributed by atoms with Gasteiger partial charge in [0.2, 0.25) is 5.91 Å². The number of hydrogen-bond donors (Lipinski definition) is 3. The standard InChI is InChI=1S/C32H41ClN8O3/c1-21-37-38-29(44-21)13-12-28(42)34-15-18-40(3)31-24-14-17-41(27-11-5-8-22-7-4-10-25(33)30(22)27)19-26(24)35-32(36-31)43-20-23-9-6-16-39(23)2/h4-5,7-8,10-13,21,23,29,37-38H,6,9,14-20H2,1-3H3,(H,34,42)/b13-12+/t21?,23-,29?/m0/s1. The molecule has 3 aromatic rings. The van der Waals surface area contributed by atoms with E-state index >= 15 is 0 Å². The van der Waals surface area contributed by atoms with Gasteiger partial charge in [-0.1, -0.05) is 35.9 Å². The van der Waals surface area contributed by atoms with E-state index in [1.54, 1.807) is 6.08 Å². The quantitative estimate of drug-likeness (QED) is 0.293. The fourth-order valence-corrected chi connectivity index (χ4v) is 6.42. The van der Waals surface area contributed by atoms with Crippen LogP contribution in [0.5, 0.6) is 6.01 Å². The van der Waals surface area contributed by atoms with E-state index in [1.807, 2.05) is 26.1 Å². The van der Waals surface area contributed by atoms with Crippen LogP contribution < -0.4 is 30.7 Å². The zero-order valence-electron chi connectivity index (χ0n) is 25.6. The minimum Gasteiger partial charge on any atom is -0.462 e. The van der Waals surface area contributed by atoms with Crippen molar-refractivity contribution in [3.8, 4) is 6.01 Å². The number of nitrogens with one attached hydrogen (secondary N) is 3. The molecule has 3 N–H and O–H groups in total. The van der Waals surface area contributed by atoms with Crippen LogP contribution in [0.25, 0.3) is 10.8 Å². The number of anilines is 2. The molecule has 0 aliphatic carbocycles. The van der Waals surface area contributed by atoms with Crippen molar-refractivity contribution >= 4 is 39.8 Å². The lowest BCUT2D eigenvalue weighted by Crippen LogP contribution is -2.36. The molecule has 0 spiro atoms. The number of likely N-dealkylation sites (N-methyl/N-ethyl adjacent to an activating group) is 2. The Balaban J connectivity index is 1.19. The zero-order chi connectivity index (χ0) is 30.6. The smallest absolute Gasteiger partial charge is 0.318 e. The van der Waals surface area contributed by atoms with Gasteiger partial charge in [0.15, 0.2) is 0 Å². The number of nitrogens with zero attached hydrogens (tertiary/aromatic N) is 5. The van der Waals surface area contributed by atoms with E-state index in [0.717, 1.165) is 64.5 Å². The molecule has 6 rings (SSSR count). The second-order valence-electron chi connectivity index (χ2n) is 11.7. The van der Waals surface area contributed by atoms with E-state index in [2.05, 4.69) is 62.2 Å². The van der Waals surface area contributed by atoms with E-state index in [9.17, 15) is 4.79 Å². The maximum Gasteiger partial charge on any atom is 0.318 e. The summed E-state index contributed by atoms with van der Waals surface area (Å²) in [5.41, 5.74) is 9.07. The Kier molecular flexibility index (Phi) is 9.48. The predicted molar refractivity (Wildman–Crippen MR) is 173 cm³/mol.